The third kappa shape index (κ3) is 4.10. The molecule has 128 valence electrons. The summed E-state index contributed by atoms with van der Waals surface area (Å²) in [4.78, 5) is 18.5. The summed E-state index contributed by atoms with van der Waals surface area (Å²) in [6.07, 6.45) is 1.32. The number of aromatic amines is 2. The molecule has 0 saturated carbocycles. The third-order valence-corrected chi connectivity index (χ3v) is 4.49. The molecule has 8 heteroatoms. The lowest BCUT2D eigenvalue weighted by atomic mass is 10.2. The van der Waals surface area contributed by atoms with Gasteiger partial charge in [0.25, 0.3) is 5.91 Å². The number of phenols is 2. The number of amides is 1. The number of aromatic hydroxyl groups is 2. The lowest BCUT2D eigenvalue weighted by molar-refractivity contribution is -0.396. The largest absolute Gasteiger partial charge is 0.508 e. The first kappa shape index (κ1) is 16.8. The molecule has 3 rings (SSSR count). The summed E-state index contributed by atoms with van der Waals surface area (Å²) in [5.41, 5.74) is 4.77. The van der Waals surface area contributed by atoms with Gasteiger partial charge in [0.15, 0.2) is 11.0 Å². The highest BCUT2D eigenvalue weighted by Gasteiger charge is 2.19. The molecular weight excluding hydrogens is 340 g/mol. The molecule has 1 aromatic heterocycles. The molecule has 1 heterocycles. The van der Waals surface area contributed by atoms with Gasteiger partial charge in [-0.3, -0.25) is 4.79 Å². The van der Waals surface area contributed by atoms with E-state index in [-0.39, 0.29) is 22.7 Å². The van der Waals surface area contributed by atoms with E-state index in [1.165, 1.54) is 36.2 Å². The second kappa shape index (κ2) is 7.27. The first-order chi connectivity index (χ1) is 12.0. The molecule has 0 saturated heterocycles. The summed E-state index contributed by atoms with van der Waals surface area (Å²) >= 11 is 1.35. The van der Waals surface area contributed by atoms with Gasteiger partial charge in [0.05, 0.1) is 11.5 Å². The summed E-state index contributed by atoms with van der Waals surface area (Å²) in [5.74, 6) is -0.432. The van der Waals surface area contributed by atoms with Crippen LogP contribution in [-0.2, 0) is 4.79 Å². The van der Waals surface area contributed by atoms with Gasteiger partial charge in [-0.2, -0.15) is 5.10 Å². The van der Waals surface area contributed by atoms with E-state index >= 15 is 0 Å². The van der Waals surface area contributed by atoms with Crippen LogP contribution in [0.3, 0.4) is 0 Å². The van der Waals surface area contributed by atoms with Crippen molar-refractivity contribution in [1.82, 2.24) is 10.4 Å². The summed E-state index contributed by atoms with van der Waals surface area (Å²) in [6, 6.07) is 11.9. The number of H-pyrrole nitrogens is 2. The van der Waals surface area contributed by atoms with E-state index < -0.39 is 0 Å². The van der Waals surface area contributed by atoms with Gasteiger partial charge in [0.1, 0.15) is 11.5 Å². The number of fused-ring (bicyclic) bond motifs is 1. The van der Waals surface area contributed by atoms with Gasteiger partial charge in [-0.15, -0.1) is 0 Å². The summed E-state index contributed by atoms with van der Waals surface area (Å²) < 4.78 is 0. The van der Waals surface area contributed by atoms with Crippen LogP contribution in [0.15, 0.2) is 52.7 Å². The molecule has 0 fully saturated rings. The maximum atomic E-state index is 12.1. The molecule has 3 aromatic rings. The van der Waals surface area contributed by atoms with E-state index in [9.17, 15) is 15.0 Å². The number of carbonyl (C=O) groups is 1. The molecule has 7 nitrogen and oxygen atoms in total. The number of hydrogen-bond acceptors (Lipinski definition) is 5. The number of para-hydroxylation sites is 2. The minimum atomic E-state index is -0.380. The van der Waals surface area contributed by atoms with Crippen molar-refractivity contribution in [3.8, 4) is 11.5 Å². The number of phenolic OH excluding ortho intramolecular Hbond substituents is 2. The van der Waals surface area contributed by atoms with Crippen molar-refractivity contribution in [3.05, 3.63) is 48.0 Å². The highest BCUT2D eigenvalue weighted by molar-refractivity contribution is 8.00. The fourth-order valence-corrected chi connectivity index (χ4v) is 3.01. The minimum Gasteiger partial charge on any atom is -0.508 e. The van der Waals surface area contributed by atoms with Crippen LogP contribution in [0, 0.1) is 0 Å². The molecule has 5 N–H and O–H groups in total. The molecule has 1 amide bonds. The minimum absolute atomic E-state index is 0.0432. The Kier molecular flexibility index (Phi) is 4.90. The molecule has 0 bridgehead atoms. The monoisotopic (exact) mass is 357 g/mol. The van der Waals surface area contributed by atoms with Gasteiger partial charge in [0.2, 0.25) is 0 Å². The number of aromatic nitrogens is 2. The highest BCUT2D eigenvalue weighted by atomic mass is 32.2. The molecule has 25 heavy (non-hydrogen) atoms. The van der Waals surface area contributed by atoms with E-state index in [1.54, 1.807) is 6.92 Å². The Morgan fingerprint density at radius 3 is 2.88 bits per heavy atom. The smallest absolute Gasteiger partial charge is 0.315 e. The standard InChI is InChI=1S/C17H16N4O3S/c1-10(25-17-19-13-4-2-3-5-14(13)20-17)16(24)21-18-9-11-6-7-12(22)8-15(11)23/h2-10,22-23H,1H3,(H,19,20)(H,21,24)/p+1. The van der Waals surface area contributed by atoms with Crippen molar-refractivity contribution in [2.45, 2.75) is 17.3 Å². The maximum absolute atomic E-state index is 12.1. The fourth-order valence-electron chi connectivity index (χ4n) is 2.16. The van der Waals surface area contributed by atoms with E-state index in [0.29, 0.717) is 5.56 Å². The van der Waals surface area contributed by atoms with Crippen LogP contribution in [0.5, 0.6) is 11.5 Å². The molecular formula is C17H17N4O3S+. The van der Waals surface area contributed by atoms with Gasteiger partial charge < -0.3 is 10.2 Å². The van der Waals surface area contributed by atoms with Crippen molar-refractivity contribution in [3.63, 3.8) is 0 Å². The number of nitrogens with zero attached hydrogens (tertiary/aromatic N) is 1. The van der Waals surface area contributed by atoms with Gasteiger partial charge in [-0.1, -0.05) is 12.1 Å². The van der Waals surface area contributed by atoms with Crippen LogP contribution >= 0.6 is 11.8 Å². The second-order valence-corrected chi connectivity index (χ2v) is 6.71. The van der Waals surface area contributed by atoms with Crippen molar-refractivity contribution in [1.29, 1.82) is 0 Å². The quantitative estimate of drug-likeness (QED) is 0.318. The predicted molar refractivity (Wildman–Crippen MR) is 95.7 cm³/mol. The van der Waals surface area contributed by atoms with Crippen molar-refractivity contribution < 1.29 is 20.0 Å². The van der Waals surface area contributed by atoms with E-state index in [4.69, 9.17) is 0 Å². The molecule has 0 aliphatic carbocycles. The lowest BCUT2D eigenvalue weighted by Gasteiger charge is -2.05. The Morgan fingerprint density at radius 1 is 1.32 bits per heavy atom. The number of benzene rings is 2. The Labute approximate surface area is 147 Å². The molecule has 1 unspecified atom stereocenters. The van der Waals surface area contributed by atoms with E-state index in [1.807, 2.05) is 24.3 Å². The summed E-state index contributed by atoms with van der Waals surface area (Å²) in [5, 5.41) is 23.1. The Balaban J connectivity index is 1.59. The van der Waals surface area contributed by atoms with Crippen LogP contribution in [0.2, 0.25) is 0 Å². The molecule has 1 atom stereocenters. The second-order valence-electron chi connectivity index (χ2n) is 5.36. The first-order valence-corrected chi connectivity index (χ1v) is 8.42. The summed E-state index contributed by atoms with van der Waals surface area (Å²) in [7, 11) is 0. The van der Waals surface area contributed by atoms with Crippen molar-refractivity contribution >= 4 is 34.9 Å². The number of nitrogens with one attached hydrogen (secondary N) is 3. The van der Waals surface area contributed by atoms with E-state index in [0.717, 1.165) is 16.2 Å². The van der Waals surface area contributed by atoms with Crippen LogP contribution < -0.4 is 10.4 Å². The van der Waals surface area contributed by atoms with E-state index in [2.05, 4.69) is 20.5 Å². The van der Waals surface area contributed by atoms with Crippen molar-refractivity contribution in [2.75, 3.05) is 0 Å². The Bertz CT molecular complexity index is 906. The normalized spacial score (nSPS) is 12.5. The van der Waals surface area contributed by atoms with Gasteiger partial charge in [0, 0.05) is 11.6 Å². The summed E-state index contributed by atoms with van der Waals surface area (Å²) in [6.45, 7) is 1.77. The van der Waals surface area contributed by atoms with Crippen LogP contribution in [0.1, 0.15) is 12.5 Å². The lowest BCUT2D eigenvalue weighted by Crippen LogP contribution is -2.27. The Hall–Kier alpha value is -3.00. The predicted octanol–water partition coefficient (Wildman–Crippen LogP) is 2.02. The van der Waals surface area contributed by atoms with Crippen LogP contribution in [0.25, 0.3) is 11.0 Å². The average Bonchev–Trinajstić information content (AvgIpc) is 2.98. The molecule has 0 radical (unpaired) electrons. The molecule has 0 spiro atoms. The average molecular weight is 357 g/mol. The Morgan fingerprint density at radius 2 is 2.12 bits per heavy atom. The fraction of sp³-hybridized carbons (Fsp3) is 0.118. The number of imidazole rings is 1. The highest BCUT2D eigenvalue weighted by Crippen LogP contribution is 2.21. The topological polar surface area (TPSA) is 112 Å². The van der Waals surface area contributed by atoms with Crippen LogP contribution in [-0.4, -0.2) is 32.6 Å². The zero-order valence-corrected chi connectivity index (χ0v) is 14.2. The zero-order chi connectivity index (χ0) is 17.8. The third-order valence-electron chi connectivity index (χ3n) is 3.48. The molecule has 0 aliphatic heterocycles. The number of carbonyl (C=O) groups excluding carboxylic acids is 1. The number of hydrazone groups is 1. The first-order valence-electron chi connectivity index (χ1n) is 7.54. The molecule has 0 aliphatic rings. The molecule has 2 aromatic carbocycles. The zero-order valence-electron chi connectivity index (χ0n) is 13.4. The van der Waals surface area contributed by atoms with Gasteiger partial charge in [-0.25, -0.2) is 15.4 Å². The van der Waals surface area contributed by atoms with Gasteiger partial charge >= 0.3 is 5.16 Å². The number of hydrogen-bond donors (Lipinski definition) is 4. The number of rotatable bonds is 5. The SMILES string of the molecule is CC(Sc1[nH]c2ccccc2[nH+]1)C(=O)NN=Cc1ccc(O)cc1O. The van der Waals surface area contributed by atoms with Crippen LogP contribution in [0.4, 0.5) is 0 Å². The van der Waals surface area contributed by atoms with Gasteiger partial charge in [-0.05, 0) is 43.0 Å². The maximum Gasteiger partial charge on any atom is 0.315 e. The van der Waals surface area contributed by atoms with Crippen molar-refractivity contribution in [2.24, 2.45) is 5.10 Å². The number of thioether (sulfide) groups is 1.